The summed E-state index contributed by atoms with van der Waals surface area (Å²) in [6, 6.07) is 6.12. The molecule has 4 heteroatoms. The van der Waals surface area contributed by atoms with Gasteiger partial charge in [-0.15, -0.1) is 0 Å². The van der Waals surface area contributed by atoms with Crippen molar-refractivity contribution in [1.82, 2.24) is 15.6 Å². The molecule has 0 amide bonds. The minimum atomic E-state index is 0.778. The quantitative estimate of drug-likeness (QED) is 0.632. The summed E-state index contributed by atoms with van der Waals surface area (Å²) < 4.78 is 4.95. The maximum Gasteiger partial charge on any atom is 0.0587 e. The Morgan fingerprint density at radius 3 is 2.76 bits per heavy atom. The van der Waals surface area contributed by atoms with Gasteiger partial charge in [0.15, 0.2) is 0 Å². The predicted molar refractivity (Wildman–Crippen MR) is 70.0 cm³/mol. The van der Waals surface area contributed by atoms with Gasteiger partial charge in [-0.3, -0.25) is 4.98 Å². The number of pyridine rings is 1. The maximum atomic E-state index is 4.95. The largest absolute Gasteiger partial charge is 0.383 e. The Balaban J connectivity index is 1.97. The first kappa shape index (κ1) is 14.1. The van der Waals surface area contributed by atoms with Crippen molar-refractivity contribution >= 4 is 0 Å². The SMILES string of the molecule is COCCNCCCNCc1cccc(C)n1. The zero-order valence-corrected chi connectivity index (χ0v) is 10.8. The first-order valence-corrected chi connectivity index (χ1v) is 6.16. The van der Waals surface area contributed by atoms with Gasteiger partial charge in [0.1, 0.15) is 0 Å². The van der Waals surface area contributed by atoms with Gasteiger partial charge in [0, 0.05) is 25.9 Å². The third-order valence-electron chi connectivity index (χ3n) is 2.44. The molecule has 1 rings (SSSR count). The van der Waals surface area contributed by atoms with E-state index in [1.165, 1.54) is 0 Å². The summed E-state index contributed by atoms with van der Waals surface area (Å²) in [4.78, 5) is 4.44. The monoisotopic (exact) mass is 237 g/mol. The molecule has 0 saturated heterocycles. The fourth-order valence-electron chi connectivity index (χ4n) is 1.55. The van der Waals surface area contributed by atoms with Crippen LogP contribution in [0.25, 0.3) is 0 Å². The van der Waals surface area contributed by atoms with Crippen LogP contribution in [0.5, 0.6) is 0 Å². The van der Waals surface area contributed by atoms with Crippen molar-refractivity contribution in [3.63, 3.8) is 0 Å². The highest BCUT2D eigenvalue weighted by Gasteiger charge is 1.94. The van der Waals surface area contributed by atoms with Crippen LogP contribution in [0.1, 0.15) is 17.8 Å². The highest BCUT2D eigenvalue weighted by Crippen LogP contribution is 1.97. The van der Waals surface area contributed by atoms with Gasteiger partial charge in [-0.2, -0.15) is 0 Å². The average Bonchev–Trinajstić information content (AvgIpc) is 2.33. The lowest BCUT2D eigenvalue weighted by molar-refractivity contribution is 0.199. The summed E-state index contributed by atoms with van der Waals surface area (Å²) >= 11 is 0. The molecule has 0 aliphatic heterocycles. The summed E-state index contributed by atoms with van der Waals surface area (Å²) in [5.74, 6) is 0. The number of methoxy groups -OCH3 is 1. The molecule has 17 heavy (non-hydrogen) atoms. The van der Waals surface area contributed by atoms with E-state index in [2.05, 4.69) is 21.7 Å². The number of rotatable bonds is 9. The van der Waals surface area contributed by atoms with Crippen LogP contribution in [-0.4, -0.2) is 38.3 Å². The van der Waals surface area contributed by atoms with Crippen LogP contribution in [0, 0.1) is 6.92 Å². The van der Waals surface area contributed by atoms with Crippen molar-refractivity contribution in [3.8, 4) is 0 Å². The Morgan fingerprint density at radius 2 is 2.00 bits per heavy atom. The summed E-state index contributed by atoms with van der Waals surface area (Å²) in [7, 11) is 1.72. The molecule has 1 heterocycles. The second-order valence-electron chi connectivity index (χ2n) is 4.04. The van der Waals surface area contributed by atoms with Crippen molar-refractivity contribution < 1.29 is 4.74 Å². The minimum absolute atomic E-state index is 0.778. The number of hydrogen-bond donors (Lipinski definition) is 2. The molecule has 0 radical (unpaired) electrons. The molecule has 4 nitrogen and oxygen atoms in total. The van der Waals surface area contributed by atoms with E-state index in [-0.39, 0.29) is 0 Å². The molecule has 1 aromatic heterocycles. The van der Waals surface area contributed by atoms with Gasteiger partial charge in [0.2, 0.25) is 0 Å². The van der Waals surface area contributed by atoms with Crippen LogP contribution in [0.15, 0.2) is 18.2 Å². The molecule has 0 spiro atoms. The summed E-state index contributed by atoms with van der Waals surface area (Å²) in [6.07, 6.45) is 1.12. The molecule has 2 N–H and O–H groups in total. The van der Waals surface area contributed by atoms with Crippen LogP contribution >= 0.6 is 0 Å². The van der Waals surface area contributed by atoms with E-state index >= 15 is 0 Å². The van der Waals surface area contributed by atoms with E-state index in [9.17, 15) is 0 Å². The Labute approximate surface area is 104 Å². The standard InChI is InChI=1S/C13H23N3O/c1-12-5-3-6-13(16-12)11-15-8-4-7-14-9-10-17-2/h3,5-6,14-15H,4,7-11H2,1-2H3. The van der Waals surface area contributed by atoms with E-state index in [0.717, 1.165) is 50.6 Å². The zero-order chi connectivity index (χ0) is 12.3. The Kier molecular flexibility index (Phi) is 7.54. The number of hydrogen-bond acceptors (Lipinski definition) is 4. The van der Waals surface area contributed by atoms with Crippen molar-refractivity contribution in [1.29, 1.82) is 0 Å². The molecule has 0 unspecified atom stereocenters. The maximum absolute atomic E-state index is 4.95. The van der Waals surface area contributed by atoms with E-state index < -0.39 is 0 Å². The van der Waals surface area contributed by atoms with E-state index in [0.29, 0.717) is 0 Å². The van der Waals surface area contributed by atoms with Crippen molar-refractivity contribution in [2.24, 2.45) is 0 Å². The lowest BCUT2D eigenvalue weighted by Gasteiger charge is -2.06. The van der Waals surface area contributed by atoms with Gasteiger partial charge in [-0.25, -0.2) is 0 Å². The fourth-order valence-corrected chi connectivity index (χ4v) is 1.55. The van der Waals surface area contributed by atoms with Crippen molar-refractivity contribution in [2.75, 3.05) is 33.4 Å². The highest BCUT2D eigenvalue weighted by atomic mass is 16.5. The second kappa shape index (κ2) is 9.10. The number of aryl methyl sites for hydroxylation is 1. The Morgan fingerprint density at radius 1 is 1.18 bits per heavy atom. The smallest absolute Gasteiger partial charge is 0.0587 e. The summed E-state index contributed by atoms with van der Waals surface area (Å²) in [6.45, 7) is 6.60. The Bertz CT molecular complexity index is 304. The van der Waals surface area contributed by atoms with Crippen LogP contribution in [0.4, 0.5) is 0 Å². The third-order valence-corrected chi connectivity index (χ3v) is 2.44. The number of ether oxygens (including phenoxy) is 1. The average molecular weight is 237 g/mol. The normalized spacial score (nSPS) is 10.7. The van der Waals surface area contributed by atoms with Crippen LogP contribution in [0.2, 0.25) is 0 Å². The van der Waals surface area contributed by atoms with Gasteiger partial charge in [0.25, 0.3) is 0 Å². The molecule has 1 aromatic rings. The van der Waals surface area contributed by atoms with E-state index in [4.69, 9.17) is 4.74 Å². The van der Waals surface area contributed by atoms with Gasteiger partial charge >= 0.3 is 0 Å². The lowest BCUT2D eigenvalue weighted by atomic mass is 10.3. The molecular weight excluding hydrogens is 214 g/mol. The van der Waals surface area contributed by atoms with Gasteiger partial charge in [-0.05, 0) is 38.6 Å². The number of nitrogens with one attached hydrogen (secondary N) is 2. The molecule has 0 bridgehead atoms. The number of nitrogens with zero attached hydrogens (tertiary/aromatic N) is 1. The summed E-state index contributed by atoms with van der Waals surface area (Å²) in [5, 5.41) is 6.70. The molecule has 0 aromatic carbocycles. The molecule has 0 saturated carbocycles. The first-order chi connectivity index (χ1) is 8.33. The van der Waals surface area contributed by atoms with Crippen molar-refractivity contribution in [2.45, 2.75) is 19.9 Å². The molecule has 96 valence electrons. The summed E-state index contributed by atoms with van der Waals surface area (Å²) in [5.41, 5.74) is 2.18. The fraction of sp³-hybridized carbons (Fsp3) is 0.615. The molecule has 0 aliphatic rings. The topological polar surface area (TPSA) is 46.2 Å². The number of aromatic nitrogens is 1. The minimum Gasteiger partial charge on any atom is -0.383 e. The first-order valence-electron chi connectivity index (χ1n) is 6.16. The highest BCUT2D eigenvalue weighted by molar-refractivity contribution is 5.09. The van der Waals surface area contributed by atoms with Crippen molar-refractivity contribution in [3.05, 3.63) is 29.6 Å². The lowest BCUT2D eigenvalue weighted by Crippen LogP contribution is -2.24. The van der Waals surface area contributed by atoms with Gasteiger partial charge in [0.05, 0.1) is 12.3 Å². The molecular formula is C13H23N3O. The second-order valence-corrected chi connectivity index (χ2v) is 4.04. The third kappa shape index (κ3) is 7.05. The zero-order valence-electron chi connectivity index (χ0n) is 10.8. The van der Waals surface area contributed by atoms with Gasteiger partial charge < -0.3 is 15.4 Å². The van der Waals surface area contributed by atoms with Crippen LogP contribution in [0.3, 0.4) is 0 Å². The van der Waals surface area contributed by atoms with Gasteiger partial charge in [-0.1, -0.05) is 6.07 Å². The Hall–Kier alpha value is -0.970. The molecule has 0 atom stereocenters. The van der Waals surface area contributed by atoms with E-state index in [1.807, 2.05) is 19.1 Å². The van der Waals surface area contributed by atoms with Crippen LogP contribution in [-0.2, 0) is 11.3 Å². The van der Waals surface area contributed by atoms with Crippen LogP contribution < -0.4 is 10.6 Å². The molecule has 0 aliphatic carbocycles. The van der Waals surface area contributed by atoms with E-state index in [1.54, 1.807) is 7.11 Å². The molecule has 0 fully saturated rings. The predicted octanol–water partition coefficient (Wildman–Crippen LogP) is 1.11.